The van der Waals surface area contributed by atoms with Crippen LogP contribution in [0.1, 0.15) is 6.92 Å². The molecule has 0 atom stereocenters. The maximum absolute atomic E-state index is 10.8. The minimum atomic E-state index is -0.719. The highest BCUT2D eigenvalue weighted by Crippen LogP contribution is 2.30. The normalized spacial score (nSPS) is 10.1. The number of nitrogens with zero attached hydrogens (tertiary/aromatic N) is 2. The molecule has 8 heteroatoms. The first-order chi connectivity index (χ1) is 8.56. The zero-order chi connectivity index (χ0) is 13.5. The van der Waals surface area contributed by atoms with E-state index in [9.17, 15) is 20.2 Å². The Morgan fingerprint density at radius 1 is 1.17 bits per heavy atom. The maximum Gasteiger partial charge on any atom is 0.317 e. The van der Waals surface area contributed by atoms with Crippen molar-refractivity contribution >= 4 is 11.4 Å². The highest BCUT2D eigenvalue weighted by molar-refractivity contribution is 5.53. The number of ether oxygens (including phenoxy) is 2. The van der Waals surface area contributed by atoms with Crippen LogP contribution in [0.25, 0.3) is 0 Å². The van der Waals surface area contributed by atoms with Crippen molar-refractivity contribution < 1.29 is 19.3 Å². The molecule has 0 aromatic heterocycles. The molecule has 0 unspecified atom stereocenters. The van der Waals surface area contributed by atoms with Crippen molar-refractivity contribution in [1.82, 2.24) is 0 Å². The van der Waals surface area contributed by atoms with Crippen LogP contribution >= 0.6 is 0 Å². The summed E-state index contributed by atoms with van der Waals surface area (Å²) in [7, 11) is 0. The van der Waals surface area contributed by atoms with E-state index in [-0.39, 0.29) is 18.0 Å². The van der Waals surface area contributed by atoms with Crippen LogP contribution in [0.5, 0.6) is 5.75 Å². The van der Waals surface area contributed by atoms with Gasteiger partial charge in [0.25, 0.3) is 5.69 Å². The van der Waals surface area contributed by atoms with Gasteiger partial charge in [-0.2, -0.15) is 0 Å². The van der Waals surface area contributed by atoms with Crippen molar-refractivity contribution in [3.63, 3.8) is 0 Å². The third kappa shape index (κ3) is 3.67. The van der Waals surface area contributed by atoms with Crippen LogP contribution in [0, 0.1) is 20.2 Å². The molecule has 0 fully saturated rings. The van der Waals surface area contributed by atoms with Crippen molar-refractivity contribution in [2.45, 2.75) is 6.92 Å². The maximum atomic E-state index is 10.8. The molecule has 0 aliphatic carbocycles. The smallest absolute Gasteiger partial charge is 0.317 e. The molecule has 8 nitrogen and oxygen atoms in total. The molecule has 0 bridgehead atoms. The Morgan fingerprint density at radius 3 is 2.44 bits per heavy atom. The third-order valence-corrected chi connectivity index (χ3v) is 2.04. The van der Waals surface area contributed by atoms with Gasteiger partial charge in [0.05, 0.1) is 22.5 Å². The van der Waals surface area contributed by atoms with Crippen molar-refractivity contribution in [2.75, 3.05) is 19.8 Å². The highest BCUT2D eigenvalue weighted by atomic mass is 16.6. The van der Waals surface area contributed by atoms with Crippen LogP contribution in [0.4, 0.5) is 11.4 Å². The topological polar surface area (TPSA) is 105 Å². The predicted molar refractivity (Wildman–Crippen MR) is 61.7 cm³/mol. The fraction of sp³-hybridized carbons (Fsp3) is 0.400. The molecule has 0 aliphatic heterocycles. The second-order valence-corrected chi connectivity index (χ2v) is 3.21. The van der Waals surface area contributed by atoms with Gasteiger partial charge in [-0.05, 0) is 13.0 Å². The fourth-order valence-corrected chi connectivity index (χ4v) is 1.24. The number of non-ortho nitro benzene ring substituents is 1. The summed E-state index contributed by atoms with van der Waals surface area (Å²) < 4.78 is 10.2. The van der Waals surface area contributed by atoms with Crippen molar-refractivity contribution in [2.24, 2.45) is 0 Å². The van der Waals surface area contributed by atoms with Gasteiger partial charge in [-0.15, -0.1) is 0 Å². The number of benzene rings is 1. The van der Waals surface area contributed by atoms with Crippen LogP contribution in [0.2, 0.25) is 0 Å². The van der Waals surface area contributed by atoms with Crippen molar-refractivity contribution in [3.8, 4) is 5.75 Å². The summed E-state index contributed by atoms with van der Waals surface area (Å²) in [6.45, 7) is 2.77. The Kier molecular flexibility index (Phi) is 5.00. The lowest BCUT2D eigenvalue weighted by Crippen LogP contribution is -2.07. The Balaban J connectivity index is 2.83. The molecule has 1 aromatic rings. The van der Waals surface area contributed by atoms with Gasteiger partial charge < -0.3 is 9.47 Å². The molecule has 0 heterocycles. The zero-order valence-corrected chi connectivity index (χ0v) is 9.70. The zero-order valence-electron chi connectivity index (χ0n) is 9.70. The molecule has 18 heavy (non-hydrogen) atoms. The van der Waals surface area contributed by atoms with E-state index in [0.717, 1.165) is 12.1 Å². The van der Waals surface area contributed by atoms with Crippen LogP contribution in [0.3, 0.4) is 0 Å². The second kappa shape index (κ2) is 6.50. The van der Waals surface area contributed by atoms with Crippen LogP contribution in [0.15, 0.2) is 18.2 Å². The van der Waals surface area contributed by atoms with Gasteiger partial charge >= 0.3 is 5.69 Å². The van der Waals surface area contributed by atoms with E-state index in [2.05, 4.69) is 0 Å². The van der Waals surface area contributed by atoms with Crippen LogP contribution in [-0.4, -0.2) is 29.7 Å². The largest absolute Gasteiger partial charge is 0.484 e. The number of rotatable bonds is 7. The van der Waals surface area contributed by atoms with Crippen LogP contribution < -0.4 is 4.74 Å². The molecular formula is C10H12N2O6. The monoisotopic (exact) mass is 256 g/mol. The molecule has 0 aliphatic rings. The van der Waals surface area contributed by atoms with Gasteiger partial charge in [-0.25, -0.2) is 0 Å². The molecule has 1 rings (SSSR count). The number of hydrogen-bond acceptors (Lipinski definition) is 6. The third-order valence-electron chi connectivity index (χ3n) is 2.04. The Hall–Kier alpha value is -2.22. The van der Waals surface area contributed by atoms with E-state index in [0.29, 0.717) is 13.2 Å². The van der Waals surface area contributed by atoms with Gasteiger partial charge in [0, 0.05) is 12.7 Å². The van der Waals surface area contributed by atoms with Gasteiger partial charge in [-0.1, -0.05) is 0 Å². The molecule has 0 spiro atoms. The quantitative estimate of drug-likeness (QED) is 0.419. The second-order valence-electron chi connectivity index (χ2n) is 3.21. The Morgan fingerprint density at radius 2 is 1.89 bits per heavy atom. The van der Waals surface area contributed by atoms with E-state index in [4.69, 9.17) is 9.47 Å². The molecule has 1 aromatic carbocycles. The highest BCUT2D eigenvalue weighted by Gasteiger charge is 2.20. The average molecular weight is 256 g/mol. The lowest BCUT2D eigenvalue weighted by atomic mass is 10.2. The van der Waals surface area contributed by atoms with Crippen molar-refractivity contribution in [1.29, 1.82) is 0 Å². The van der Waals surface area contributed by atoms with E-state index in [1.807, 2.05) is 6.92 Å². The Labute approximate surface area is 102 Å². The molecule has 0 N–H and O–H groups in total. The summed E-state index contributed by atoms with van der Waals surface area (Å²) in [6, 6.07) is 3.24. The molecule has 98 valence electrons. The van der Waals surface area contributed by atoms with Gasteiger partial charge in [-0.3, -0.25) is 20.2 Å². The summed E-state index contributed by atoms with van der Waals surface area (Å²) >= 11 is 0. The number of nitro benzene ring substituents is 2. The molecule has 0 amide bonds. The van der Waals surface area contributed by atoms with Crippen molar-refractivity contribution in [3.05, 3.63) is 38.4 Å². The van der Waals surface area contributed by atoms with Gasteiger partial charge in [0.2, 0.25) is 0 Å². The van der Waals surface area contributed by atoms with Gasteiger partial charge in [0.15, 0.2) is 5.75 Å². The summed E-state index contributed by atoms with van der Waals surface area (Å²) in [5, 5.41) is 21.3. The molecule has 0 radical (unpaired) electrons. The minimum Gasteiger partial charge on any atom is -0.484 e. The number of hydrogen-bond donors (Lipinski definition) is 0. The first-order valence-corrected chi connectivity index (χ1v) is 5.19. The van der Waals surface area contributed by atoms with E-state index in [1.54, 1.807) is 0 Å². The van der Waals surface area contributed by atoms with E-state index < -0.39 is 15.5 Å². The van der Waals surface area contributed by atoms with E-state index in [1.165, 1.54) is 6.07 Å². The molecule has 0 saturated heterocycles. The number of nitro groups is 2. The van der Waals surface area contributed by atoms with Crippen LogP contribution in [-0.2, 0) is 4.74 Å². The minimum absolute atomic E-state index is 0.00898. The summed E-state index contributed by atoms with van der Waals surface area (Å²) in [5.41, 5.74) is -0.778. The average Bonchev–Trinajstić information content (AvgIpc) is 2.34. The fourth-order valence-electron chi connectivity index (χ4n) is 1.24. The summed E-state index contributed by atoms with van der Waals surface area (Å²) in [4.78, 5) is 19.8. The first-order valence-electron chi connectivity index (χ1n) is 5.19. The van der Waals surface area contributed by atoms with Gasteiger partial charge in [0.1, 0.15) is 6.61 Å². The molecular weight excluding hydrogens is 244 g/mol. The summed E-state index contributed by atoms with van der Waals surface area (Å²) in [6.07, 6.45) is 0. The lowest BCUT2D eigenvalue weighted by molar-refractivity contribution is -0.394. The predicted octanol–water partition coefficient (Wildman–Crippen LogP) is 1.92. The summed E-state index contributed by atoms with van der Waals surface area (Å²) in [5.74, 6) is -0.00898. The lowest BCUT2D eigenvalue weighted by Gasteiger charge is -2.06. The first kappa shape index (κ1) is 13.8. The Bertz CT molecular complexity index is 448. The SMILES string of the molecule is CCOCCOc1ccc([N+](=O)[O-])cc1[N+](=O)[O-]. The van der Waals surface area contributed by atoms with E-state index >= 15 is 0 Å². The standard InChI is InChI=1S/C10H12N2O6/c1-2-17-5-6-18-10-4-3-8(11(13)14)7-9(10)12(15)16/h3-4,7H,2,5-6H2,1H3. The molecule has 0 saturated carbocycles.